The van der Waals surface area contributed by atoms with Gasteiger partial charge in [-0.2, -0.15) is 0 Å². The second-order valence-electron chi connectivity index (χ2n) is 4.14. The van der Waals surface area contributed by atoms with Crippen molar-refractivity contribution in [3.8, 4) is 21.8 Å². The van der Waals surface area contributed by atoms with Gasteiger partial charge in [-0.3, -0.25) is 4.98 Å². The minimum atomic E-state index is 0. The summed E-state index contributed by atoms with van der Waals surface area (Å²) in [5, 5.41) is 3.13. The van der Waals surface area contributed by atoms with Crippen molar-refractivity contribution >= 4 is 11.3 Å². The highest BCUT2D eigenvalue weighted by Gasteiger charge is 2.05. The van der Waals surface area contributed by atoms with Crippen LogP contribution < -0.4 is 17.0 Å². The SMILES string of the molecule is Cc1ccc(-c2csc(-c3ccncc3)n2)cc1.[Br-]. The van der Waals surface area contributed by atoms with Crippen LogP contribution in [-0.4, -0.2) is 9.97 Å². The first-order chi connectivity index (χ1) is 8.83. The molecular weight excluding hydrogens is 320 g/mol. The molecule has 96 valence electrons. The number of rotatable bonds is 2. The number of thiazole rings is 1. The van der Waals surface area contributed by atoms with Gasteiger partial charge in [0.2, 0.25) is 0 Å². The zero-order valence-corrected chi connectivity index (χ0v) is 12.8. The molecule has 0 spiro atoms. The summed E-state index contributed by atoms with van der Waals surface area (Å²) >= 11 is 1.66. The van der Waals surface area contributed by atoms with E-state index >= 15 is 0 Å². The number of hydrogen-bond donors (Lipinski definition) is 0. The van der Waals surface area contributed by atoms with Crippen LogP contribution >= 0.6 is 11.3 Å². The van der Waals surface area contributed by atoms with Crippen molar-refractivity contribution in [2.75, 3.05) is 0 Å². The topological polar surface area (TPSA) is 25.8 Å². The van der Waals surface area contributed by atoms with Crippen LogP contribution in [0.3, 0.4) is 0 Å². The van der Waals surface area contributed by atoms with E-state index in [2.05, 4.69) is 46.5 Å². The summed E-state index contributed by atoms with van der Waals surface area (Å²) in [6.07, 6.45) is 3.59. The zero-order chi connectivity index (χ0) is 12.4. The summed E-state index contributed by atoms with van der Waals surface area (Å²) in [4.78, 5) is 8.69. The van der Waals surface area contributed by atoms with Crippen molar-refractivity contribution in [2.24, 2.45) is 0 Å². The molecule has 2 aromatic heterocycles. The van der Waals surface area contributed by atoms with Gasteiger partial charge >= 0.3 is 0 Å². The molecule has 0 unspecified atom stereocenters. The fourth-order valence-corrected chi connectivity index (χ4v) is 2.59. The van der Waals surface area contributed by atoms with E-state index < -0.39 is 0 Å². The Labute approximate surface area is 127 Å². The number of aryl methyl sites for hydroxylation is 1. The van der Waals surface area contributed by atoms with Gasteiger partial charge in [-0.05, 0) is 19.1 Å². The first-order valence-corrected chi connectivity index (χ1v) is 6.64. The molecule has 19 heavy (non-hydrogen) atoms. The monoisotopic (exact) mass is 331 g/mol. The second kappa shape index (κ2) is 6.08. The summed E-state index contributed by atoms with van der Waals surface area (Å²) in [6.45, 7) is 2.09. The summed E-state index contributed by atoms with van der Waals surface area (Å²) in [6, 6.07) is 12.4. The Balaban J connectivity index is 0.00000133. The molecule has 0 saturated carbocycles. The Hall–Kier alpha value is -1.52. The van der Waals surface area contributed by atoms with E-state index in [1.54, 1.807) is 23.7 Å². The zero-order valence-electron chi connectivity index (χ0n) is 10.4. The molecule has 0 N–H and O–H groups in total. The highest BCUT2D eigenvalue weighted by molar-refractivity contribution is 7.13. The number of halogens is 1. The van der Waals surface area contributed by atoms with Crippen LogP contribution in [0.4, 0.5) is 0 Å². The fourth-order valence-electron chi connectivity index (χ4n) is 1.76. The van der Waals surface area contributed by atoms with Crippen LogP contribution in [0.5, 0.6) is 0 Å². The van der Waals surface area contributed by atoms with E-state index in [9.17, 15) is 0 Å². The van der Waals surface area contributed by atoms with Gasteiger partial charge in [0.05, 0.1) is 5.69 Å². The Bertz CT molecular complexity index is 647. The first-order valence-electron chi connectivity index (χ1n) is 5.76. The normalized spacial score (nSPS) is 9.95. The predicted molar refractivity (Wildman–Crippen MR) is 75.5 cm³/mol. The lowest BCUT2D eigenvalue weighted by Crippen LogP contribution is -3.00. The van der Waals surface area contributed by atoms with Crippen molar-refractivity contribution in [2.45, 2.75) is 6.92 Å². The van der Waals surface area contributed by atoms with Gasteiger partial charge in [-0.15, -0.1) is 11.3 Å². The molecular formula is C15H12BrN2S-. The quantitative estimate of drug-likeness (QED) is 0.704. The molecule has 1 aromatic carbocycles. The molecule has 0 amide bonds. The van der Waals surface area contributed by atoms with Crippen molar-refractivity contribution in [1.82, 2.24) is 9.97 Å². The predicted octanol–water partition coefficient (Wildman–Crippen LogP) is 1.18. The third-order valence-corrected chi connectivity index (χ3v) is 3.67. The van der Waals surface area contributed by atoms with E-state index in [4.69, 9.17) is 0 Å². The lowest BCUT2D eigenvalue weighted by Gasteiger charge is -1.97. The Morgan fingerprint density at radius 3 is 2.26 bits per heavy atom. The van der Waals surface area contributed by atoms with E-state index in [0.29, 0.717) is 0 Å². The summed E-state index contributed by atoms with van der Waals surface area (Å²) in [7, 11) is 0. The van der Waals surface area contributed by atoms with Crippen molar-refractivity contribution in [3.63, 3.8) is 0 Å². The van der Waals surface area contributed by atoms with Crippen LogP contribution in [0.2, 0.25) is 0 Å². The largest absolute Gasteiger partial charge is 1.00 e. The maximum Gasteiger partial charge on any atom is 0.124 e. The summed E-state index contributed by atoms with van der Waals surface area (Å²) < 4.78 is 0. The van der Waals surface area contributed by atoms with Gasteiger partial charge in [0, 0.05) is 28.9 Å². The second-order valence-corrected chi connectivity index (χ2v) is 5.00. The molecule has 0 aliphatic rings. The number of hydrogen-bond acceptors (Lipinski definition) is 3. The molecule has 4 heteroatoms. The van der Waals surface area contributed by atoms with Gasteiger partial charge in [-0.25, -0.2) is 4.98 Å². The number of benzene rings is 1. The molecule has 0 aliphatic heterocycles. The molecule has 3 rings (SSSR count). The standard InChI is InChI=1S/C15H12N2S.BrH/c1-11-2-4-12(5-3-11)14-10-18-15(17-14)13-6-8-16-9-7-13;/h2-10H,1H3;1H/p-1. The number of aromatic nitrogens is 2. The molecule has 2 heterocycles. The van der Waals surface area contributed by atoms with Gasteiger partial charge < -0.3 is 17.0 Å². The smallest absolute Gasteiger partial charge is 0.124 e. The van der Waals surface area contributed by atoms with E-state index in [1.807, 2.05) is 12.1 Å². The van der Waals surface area contributed by atoms with Crippen molar-refractivity contribution < 1.29 is 17.0 Å². The minimum Gasteiger partial charge on any atom is -1.00 e. The lowest BCUT2D eigenvalue weighted by atomic mass is 10.1. The summed E-state index contributed by atoms with van der Waals surface area (Å²) in [5.74, 6) is 0. The molecule has 0 saturated heterocycles. The number of pyridine rings is 1. The molecule has 0 fully saturated rings. The average Bonchev–Trinajstić information content (AvgIpc) is 2.90. The van der Waals surface area contributed by atoms with Crippen LogP contribution in [-0.2, 0) is 0 Å². The minimum absolute atomic E-state index is 0. The highest BCUT2D eigenvalue weighted by atomic mass is 79.9. The van der Waals surface area contributed by atoms with Crippen LogP contribution in [0.1, 0.15) is 5.56 Å². The van der Waals surface area contributed by atoms with Gasteiger partial charge in [-0.1, -0.05) is 29.8 Å². The van der Waals surface area contributed by atoms with Crippen molar-refractivity contribution in [1.29, 1.82) is 0 Å². The molecule has 2 nitrogen and oxygen atoms in total. The van der Waals surface area contributed by atoms with E-state index in [0.717, 1.165) is 21.8 Å². The molecule has 0 bridgehead atoms. The Morgan fingerprint density at radius 1 is 0.895 bits per heavy atom. The van der Waals surface area contributed by atoms with Crippen LogP contribution in [0.25, 0.3) is 21.8 Å². The first kappa shape index (κ1) is 13.9. The third kappa shape index (κ3) is 3.08. The van der Waals surface area contributed by atoms with Gasteiger partial charge in [0.15, 0.2) is 0 Å². The lowest BCUT2D eigenvalue weighted by molar-refractivity contribution is -0.00000364. The van der Waals surface area contributed by atoms with Crippen molar-refractivity contribution in [3.05, 3.63) is 59.7 Å². The Morgan fingerprint density at radius 2 is 1.58 bits per heavy atom. The molecule has 3 aromatic rings. The molecule has 0 atom stereocenters. The Kier molecular flexibility index (Phi) is 4.45. The van der Waals surface area contributed by atoms with Crippen LogP contribution in [0, 0.1) is 6.92 Å². The average molecular weight is 332 g/mol. The highest BCUT2D eigenvalue weighted by Crippen LogP contribution is 2.28. The maximum atomic E-state index is 4.67. The third-order valence-electron chi connectivity index (χ3n) is 2.78. The molecule has 0 aliphatic carbocycles. The summed E-state index contributed by atoms with van der Waals surface area (Å²) in [5.41, 5.74) is 4.58. The maximum absolute atomic E-state index is 4.67. The van der Waals surface area contributed by atoms with Crippen LogP contribution in [0.15, 0.2) is 54.2 Å². The number of nitrogens with zero attached hydrogens (tertiary/aromatic N) is 2. The van der Waals surface area contributed by atoms with E-state index in [-0.39, 0.29) is 17.0 Å². The fraction of sp³-hybridized carbons (Fsp3) is 0.0667. The van der Waals surface area contributed by atoms with Gasteiger partial charge in [0.25, 0.3) is 0 Å². The van der Waals surface area contributed by atoms with Gasteiger partial charge in [0.1, 0.15) is 5.01 Å². The molecule has 0 radical (unpaired) electrons. The van der Waals surface area contributed by atoms with E-state index in [1.165, 1.54) is 5.56 Å².